The number of likely N-dealkylation sites (tertiary alicyclic amines) is 1. The zero-order chi connectivity index (χ0) is 23.0. The first kappa shape index (κ1) is 22.7. The number of ether oxygens (including phenoxy) is 2. The Morgan fingerprint density at radius 2 is 1.42 bits per heavy atom. The molecule has 1 heterocycles. The first-order chi connectivity index (χ1) is 16.2. The molecule has 1 aliphatic heterocycles. The van der Waals surface area contributed by atoms with E-state index in [-0.39, 0.29) is 12.0 Å². The van der Waals surface area contributed by atoms with Crippen LogP contribution in [0.4, 0.5) is 0 Å². The quantitative estimate of drug-likeness (QED) is 0.502. The molecule has 0 radical (unpaired) electrons. The molecule has 1 amide bonds. The Hall–Kier alpha value is -3.44. The molecule has 1 fully saturated rings. The van der Waals surface area contributed by atoms with Crippen molar-refractivity contribution in [3.63, 3.8) is 0 Å². The molecule has 1 aliphatic rings. The van der Waals surface area contributed by atoms with E-state index in [9.17, 15) is 9.59 Å². The van der Waals surface area contributed by atoms with Gasteiger partial charge in [0.2, 0.25) is 5.91 Å². The van der Waals surface area contributed by atoms with E-state index in [0.29, 0.717) is 26.0 Å². The number of nitrogens with zero attached hydrogens (tertiary/aromatic N) is 1. The lowest BCUT2D eigenvalue weighted by atomic mass is 9.88. The number of esters is 1. The van der Waals surface area contributed by atoms with E-state index in [1.54, 1.807) is 4.90 Å². The van der Waals surface area contributed by atoms with Crippen molar-refractivity contribution in [2.24, 2.45) is 0 Å². The maximum absolute atomic E-state index is 13.9. The molecule has 0 saturated carbocycles. The van der Waals surface area contributed by atoms with Crippen molar-refractivity contribution in [1.29, 1.82) is 0 Å². The van der Waals surface area contributed by atoms with Gasteiger partial charge in [-0.25, -0.2) is 4.79 Å². The smallest absolute Gasteiger partial charge is 0.328 e. The van der Waals surface area contributed by atoms with Gasteiger partial charge in [-0.1, -0.05) is 91.0 Å². The molecule has 5 heteroatoms. The Labute approximate surface area is 194 Å². The predicted molar refractivity (Wildman–Crippen MR) is 126 cm³/mol. The summed E-state index contributed by atoms with van der Waals surface area (Å²) in [4.78, 5) is 28.3. The van der Waals surface area contributed by atoms with E-state index >= 15 is 0 Å². The second-order valence-corrected chi connectivity index (χ2v) is 8.27. The lowest BCUT2D eigenvalue weighted by molar-refractivity contribution is -0.158. The second-order valence-electron chi connectivity index (χ2n) is 8.27. The molecule has 0 aromatic heterocycles. The molecule has 33 heavy (non-hydrogen) atoms. The van der Waals surface area contributed by atoms with Crippen molar-refractivity contribution < 1.29 is 19.1 Å². The number of carbonyl (C=O) groups is 2. The number of methoxy groups -OCH3 is 1. The highest BCUT2D eigenvalue weighted by atomic mass is 16.5. The minimum atomic E-state index is -0.674. The molecule has 3 aromatic carbocycles. The summed E-state index contributed by atoms with van der Waals surface area (Å²) in [6.45, 7) is 0.915. The fraction of sp³-hybridized carbons (Fsp3) is 0.286. The van der Waals surface area contributed by atoms with Gasteiger partial charge in [0.15, 0.2) is 0 Å². The monoisotopic (exact) mass is 443 g/mol. The van der Waals surface area contributed by atoms with E-state index in [0.717, 1.165) is 16.7 Å². The van der Waals surface area contributed by atoms with Crippen LogP contribution < -0.4 is 0 Å². The molecule has 0 spiro atoms. The minimum absolute atomic E-state index is 0.0932. The molecule has 0 aliphatic carbocycles. The fourth-order valence-corrected chi connectivity index (χ4v) is 4.43. The molecule has 0 bridgehead atoms. The Bertz CT molecular complexity index is 1000. The van der Waals surface area contributed by atoms with Gasteiger partial charge < -0.3 is 14.4 Å². The van der Waals surface area contributed by atoms with Gasteiger partial charge in [-0.05, 0) is 23.1 Å². The lowest BCUT2D eigenvalue weighted by Gasteiger charge is -2.39. The van der Waals surface area contributed by atoms with Crippen molar-refractivity contribution >= 4 is 11.9 Å². The third-order valence-corrected chi connectivity index (χ3v) is 6.15. The summed E-state index contributed by atoms with van der Waals surface area (Å²) >= 11 is 0. The molecule has 3 aromatic rings. The summed E-state index contributed by atoms with van der Waals surface area (Å²) < 4.78 is 11.2. The number of hydrogen-bond acceptors (Lipinski definition) is 4. The van der Waals surface area contributed by atoms with E-state index in [1.807, 2.05) is 91.0 Å². The van der Waals surface area contributed by atoms with Gasteiger partial charge in [-0.2, -0.15) is 0 Å². The Morgan fingerprint density at radius 3 is 1.97 bits per heavy atom. The molecular weight excluding hydrogens is 414 g/mol. The molecule has 4 rings (SSSR count). The number of amides is 1. The van der Waals surface area contributed by atoms with E-state index < -0.39 is 17.9 Å². The third-order valence-electron chi connectivity index (χ3n) is 6.15. The molecule has 5 nitrogen and oxygen atoms in total. The van der Waals surface area contributed by atoms with E-state index in [1.165, 1.54) is 7.11 Å². The van der Waals surface area contributed by atoms with Crippen molar-refractivity contribution in [3.05, 3.63) is 108 Å². The van der Waals surface area contributed by atoms with Gasteiger partial charge in [0, 0.05) is 13.0 Å². The summed E-state index contributed by atoms with van der Waals surface area (Å²) in [5, 5.41) is 0. The van der Waals surface area contributed by atoms with Gasteiger partial charge in [-0.15, -0.1) is 0 Å². The molecule has 0 N–H and O–H groups in total. The fourth-order valence-electron chi connectivity index (χ4n) is 4.43. The van der Waals surface area contributed by atoms with Crippen LogP contribution in [0.1, 0.15) is 35.4 Å². The van der Waals surface area contributed by atoms with Gasteiger partial charge >= 0.3 is 5.97 Å². The van der Waals surface area contributed by atoms with Crippen LogP contribution in [0.15, 0.2) is 91.0 Å². The number of rotatable bonds is 7. The van der Waals surface area contributed by atoms with Crippen LogP contribution in [0.25, 0.3) is 0 Å². The molecule has 170 valence electrons. The van der Waals surface area contributed by atoms with Crippen molar-refractivity contribution in [2.45, 2.75) is 37.5 Å². The summed E-state index contributed by atoms with van der Waals surface area (Å²) in [6.07, 6.45) is 0.967. The topological polar surface area (TPSA) is 55.8 Å². The Morgan fingerprint density at radius 1 is 0.879 bits per heavy atom. The zero-order valence-corrected chi connectivity index (χ0v) is 18.8. The van der Waals surface area contributed by atoms with Gasteiger partial charge in [0.25, 0.3) is 0 Å². The molecule has 2 atom stereocenters. The number of piperidine rings is 1. The van der Waals surface area contributed by atoms with Crippen molar-refractivity contribution in [1.82, 2.24) is 4.90 Å². The minimum Gasteiger partial charge on any atom is -0.467 e. The summed E-state index contributed by atoms with van der Waals surface area (Å²) in [7, 11) is 1.37. The van der Waals surface area contributed by atoms with Crippen LogP contribution in [0.2, 0.25) is 0 Å². The van der Waals surface area contributed by atoms with Gasteiger partial charge in [0.05, 0.1) is 25.7 Å². The van der Waals surface area contributed by atoms with Crippen LogP contribution >= 0.6 is 0 Å². The lowest BCUT2D eigenvalue weighted by Crippen LogP contribution is -2.53. The second kappa shape index (κ2) is 10.9. The maximum atomic E-state index is 13.9. The highest BCUT2D eigenvalue weighted by Gasteiger charge is 2.40. The third kappa shape index (κ3) is 5.49. The normalized spacial score (nSPS) is 18.2. The average Bonchev–Trinajstić information content (AvgIpc) is 2.89. The van der Waals surface area contributed by atoms with Crippen LogP contribution in [-0.2, 0) is 25.7 Å². The maximum Gasteiger partial charge on any atom is 0.328 e. The van der Waals surface area contributed by atoms with Gasteiger partial charge in [0.1, 0.15) is 6.04 Å². The molecule has 1 unspecified atom stereocenters. The van der Waals surface area contributed by atoms with Crippen LogP contribution in [-0.4, -0.2) is 42.6 Å². The Kier molecular flexibility index (Phi) is 7.53. The Balaban J connectivity index is 1.55. The first-order valence-corrected chi connectivity index (χ1v) is 11.3. The highest BCUT2D eigenvalue weighted by Crippen LogP contribution is 2.31. The van der Waals surface area contributed by atoms with Crippen LogP contribution in [0, 0.1) is 0 Å². The predicted octanol–water partition coefficient (Wildman–Crippen LogP) is 4.57. The SMILES string of the molecule is COC(=O)[C@@H]1CC(OCc2ccccc2)CCN1C(=O)C(c1ccccc1)c1ccccc1. The standard InChI is InChI=1S/C28H29NO4/c1-32-28(31)25-19-24(33-20-21-11-5-2-6-12-21)17-18-29(25)27(30)26(22-13-7-3-8-14-22)23-15-9-4-10-16-23/h2-16,24-26H,17-20H2,1H3/t24?,25-/m0/s1. The average molecular weight is 444 g/mol. The summed E-state index contributed by atoms with van der Waals surface area (Å²) in [6, 6.07) is 28.7. The van der Waals surface area contributed by atoms with Crippen LogP contribution in [0.5, 0.6) is 0 Å². The number of hydrogen-bond donors (Lipinski definition) is 0. The van der Waals surface area contributed by atoms with Crippen molar-refractivity contribution in [3.8, 4) is 0 Å². The largest absolute Gasteiger partial charge is 0.467 e. The molecular formula is C28H29NO4. The highest BCUT2D eigenvalue weighted by molar-refractivity contribution is 5.91. The number of carbonyl (C=O) groups excluding carboxylic acids is 2. The molecule has 1 saturated heterocycles. The van der Waals surface area contributed by atoms with Gasteiger partial charge in [-0.3, -0.25) is 4.79 Å². The van der Waals surface area contributed by atoms with E-state index in [4.69, 9.17) is 9.47 Å². The van der Waals surface area contributed by atoms with Crippen LogP contribution in [0.3, 0.4) is 0 Å². The summed E-state index contributed by atoms with van der Waals surface area (Å²) in [5.41, 5.74) is 2.89. The van der Waals surface area contributed by atoms with Crippen molar-refractivity contribution in [2.75, 3.05) is 13.7 Å². The van der Waals surface area contributed by atoms with E-state index in [2.05, 4.69) is 0 Å². The summed E-state index contributed by atoms with van der Waals surface area (Å²) in [5.74, 6) is -0.984. The zero-order valence-electron chi connectivity index (χ0n) is 18.8. The first-order valence-electron chi connectivity index (χ1n) is 11.3. The number of benzene rings is 3.